The van der Waals surface area contributed by atoms with E-state index in [-0.39, 0.29) is 6.61 Å². The van der Waals surface area contributed by atoms with Crippen LogP contribution in [0.2, 0.25) is 0 Å². The van der Waals surface area contributed by atoms with Crippen LogP contribution >= 0.6 is 0 Å². The molecule has 0 radical (unpaired) electrons. The van der Waals surface area contributed by atoms with Gasteiger partial charge in [0.15, 0.2) is 0 Å². The fourth-order valence-electron chi connectivity index (χ4n) is 0. The van der Waals surface area contributed by atoms with Crippen LogP contribution in [0.5, 0.6) is 0 Å². The molecule has 0 heterocycles. The highest BCUT2D eigenvalue weighted by molar-refractivity contribution is 5.62. The number of carboxylic acid groups (broad SMARTS) is 1. The van der Waals surface area contributed by atoms with Crippen molar-refractivity contribution >= 4 is 5.97 Å². The average Bonchev–Trinajstić information content (AvgIpc) is 1.88. The predicted octanol–water partition coefficient (Wildman–Crippen LogP) is -1.47. The number of nitrogens with two attached hydrogens (primary N) is 1. The Bertz CT molecular complexity index is 83.6. The molecule has 6 N–H and O–H groups in total. The molecule has 0 bridgehead atoms. The number of nitrogens with one attached hydrogen (secondary N) is 1. The molecule has 0 spiro atoms. The molecule has 6 nitrogen and oxygen atoms in total. The summed E-state index contributed by atoms with van der Waals surface area (Å²) in [4.78, 5) is 9.00. The third kappa shape index (κ3) is 375. The SMILES string of the molecule is CC(=O)O.CC(O)CO.CNN. The first kappa shape index (κ1) is 17.4. The second-order valence-electron chi connectivity index (χ2n) is 1.84. The van der Waals surface area contributed by atoms with Gasteiger partial charge < -0.3 is 15.3 Å². The van der Waals surface area contributed by atoms with E-state index in [1.54, 1.807) is 7.05 Å². The maximum Gasteiger partial charge on any atom is 0.300 e. The first-order valence-corrected chi connectivity index (χ1v) is 3.28. The molecule has 0 aliphatic heterocycles. The van der Waals surface area contributed by atoms with Crippen LogP contribution in [0.25, 0.3) is 0 Å². The van der Waals surface area contributed by atoms with Gasteiger partial charge >= 0.3 is 0 Å². The van der Waals surface area contributed by atoms with Crippen molar-refractivity contribution in [2.75, 3.05) is 13.7 Å². The van der Waals surface area contributed by atoms with Crippen LogP contribution < -0.4 is 11.3 Å². The smallest absolute Gasteiger partial charge is 0.300 e. The van der Waals surface area contributed by atoms with Crippen molar-refractivity contribution in [1.82, 2.24) is 5.43 Å². The normalized spacial score (nSPS) is 9.83. The van der Waals surface area contributed by atoms with E-state index in [9.17, 15) is 0 Å². The monoisotopic (exact) mass is 182 g/mol. The van der Waals surface area contributed by atoms with E-state index >= 15 is 0 Å². The Morgan fingerprint density at radius 1 is 1.67 bits per heavy atom. The van der Waals surface area contributed by atoms with Gasteiger partial charge in [-0.05, 0) is 14.0 Å². The van der Waals surface area contributed by atoms with Crippen LogP contribution in [0.15, 0.2) is 0 Å². The molecular formula is C6H18N2O4. The summed E-state index contributed by atoms with van der Waals surface area (Å²) in [6.07, 6.45) is -0.560. The highest BCUT2D eigenvalue weighted by Gasteiger charge is 1.83. The van der Waals surface area contributed by atoms with Crippen molar-refractivity contribution in [3.05, 3.63) is 0 Å². The molecule has 0 amide bonds. The summed E-state index contributed by atoms with van der Waals surface area (Å²) in [6.45, 7) is 2.47. The maximum absolute atomic E-state index is 9.00. The largest absolute Gasteiger partial charge is 0.481 e. The topological polar surface area (TPSA) is 116 Å². The zero-order valence-corrected chi connectivity index (χ0v) is 7.61. The lowest BCUT2D eigenvalue weighted by Gasteiger charge is -1.90. The van der Waals surface area contributed by atoms with Crippen LogP contribution in [0.1, 0.15) is 13.8 Å². The molecule has 76 valence electrons. The zero-order valence-electron chi connectivity index (χ0n) is 7.61. The molecule has 6 heteroatoms. The molecule has 1 unspecified atom stereocenters. The van der Waals surface area contributed by atoms with E-state index in [2.05, 4.69) is 11.3 Å². The highest BCUT2D eigenvalue weighted by Crippen LogP contribution is 1.68. The van der Waals surface area contributed by atoms with Crippen molar-refractivity contribution in [3.63, 3.8) is 0 Å². The van der Waals surface area contributed by atoms with E-state index in [1.807, 2.05) is 0 Å². The van der Waals surface area contributed by atoms with Gasteiger partial charge in [-0.15, -0.1) is 0 Å². The van der Waals surface area contributed by atoms with Gasteiger partial charge in [0, 0.05) is 6.92 Å². The summed E-state index contributed by atoms with van der Waals surface area (Å²) in [5.74, 6) is 3.76. The lowest BCUT2D eigenvalue weighted by molar-refractivity contribution is -0.134. The van der Waals surface area contributed by atoms with Gasteiger partial charge in [0.05, 0.1) is 12.7 Å². The first-order valence-electron chi connectivity index (χ1n) is 3.28. The molecule has 0 saturated heterocycles. The zero-order chi connectivity index (χ0) is 10.6. The lowest BCUT2D eigenvalue weighted by Crippen LogP contribution is -2.13. The summed E-state index contributed by atoms with van der Waals surface area (Å²) in [6, 6.07) is 0. The van der Waals surface area contributed by atoms with Gasteiger partial charge in [-0.25, -0.2) is 0 Å². The quantitative estimate of drug-likeness (QED) is 0.250. The Hall–Kier alpha value is -0.690. The molecule has 0 aromatic rings. The minimum absolute atomic E-state index is 0.139. The second-order valence-corrected chi connectivity index (χ2v) is 1.84. The van der Waals surface area contributed by atoms with E-state index in [0.717, 1.165) is 6.92 Å². The van der Waals surface area contributed by atoms with Crippen LogP contribution in [-0.2, 0) is 4.79 Å². The van der Waals surface area contributed by atoms with Crippen LogP contribution in [0.4, 0.5) is 0 Å². The minimum Gasteiger partial charge on any atom is -0.481 e. The van der Waals surface area contributed by atoms with Gasteiger partial charge in [-0.2, -0.15) is 0 Å². The minimum atomic E-state index is -0.833. The molecular weight excluding hydrogens is 164 g/mol. The molecule has 0 aliphatic carbocycles. The number of carboxylic acids is 1. The van der Waals surface area contributed by atoms with Gasteiger partial charge in [0.1, 0.15) is 0 Å². The fourth-order valence-corrected chi connectivity index (χ4v) is 0. The average molecular weight is 182 g/mol. The standard InChI is InChI=1S/C3H8O2.C2H4O2.CH6N2/c1-3(5)2-4;1-2(3)4;1-3-2/h3-5H,2H2,1H3;1H3,(H,3,4);3H,2H2,1H3. The molecule has 12 heavy (non-hydrogen) atoms. The van der Waals surface area contributed by atoms with E-state index in [4.69, 9.17) is 20.1 Å². The molecule has 0 aromatic heterocycles. The number of hydrogen-bond acceptors (Lipinski definition) is 5. The Labute approximate surface area is 72.0 Å². The molecule has 0 aromatic carbocycles. The summed E-state index contributed by atoms with van der Waals surface area (Å²) >= 11 is 0. The number of aliphatic carboxylic acids is 1. The third-order valence-corrected chi connectivity index (χ3v) is 0.264. The Kier molecular flexibility index (Phi) is 24.3. The van der Waals surface area contributed by atoms with Gasteiger partial charge in [0.2, 0.25) is 0 Å². The maximum atomic E-state index is 9.00. The Morgan fingerprint density at radius 2 is 1.75 bits per heavy atom. The number of rotatable bonds is 1. The molecule has 0 saturated carbocycles. The van der Waals surface area contributed by atoms with Crippen LogP contribution in [0.3, 0.4) is 0 Å². The first-order chi connectivity index (χ1) is 5.42. The van der Waals surface area contributed by atoms with Crippen molar-refractivity contribution in [3.8, 4) is 0 Å². The summed E-state index contributed by atoms with van der Waals surface area (Å²) in [5.41, 5.74) is 2.25. The van der Waals surface area contributed by atoms with Crippen molar-refractivity contribution in [1.29, 1.82) is 0 Å². The van der Waals surface area contributed by atoms with E-state index in [0.29, 0.717) is 0 Å². The Morgan fingerprint density at radius 3 is 1.75 bits per heavy atom. The van der Waals surface area contributed by atoms with Crippen molar-refractivity contribution < 1.29 is 20.1 Å². The molecule has 1 atom stereocenters. The predicted molar refractivity (Wildman–Crippen MR) is 45.3 cm³/mol. The lowest BCUT2D eigenvalue weighted by atomic mass is 10.5. The van der Waals surface area contributed by atoms with Crippen LogP contribution in [0, 0.1) is 0 Å². The van der Waals surface area contributed by atoms with Gasteiger partial charge in [-0.1, -0.05) is 0 Å². The number of hydrazine groups is 1. The third-order valence-electron chi connectivity index (χ3n) is 0.264. The molecule has 0 aliphatic rings. The summed E-state index contributed by atoms with van der Waals surface area (Å²) < 4.78 is 0. The van der Waals surface area contributed by atoms with E-state index < -0.39 is 12.1 Å². The van der Waals surface area contributed by atoms with Gasteiger partial charge in [-0.3, -0.25) is 16.1 Å². The number of carbonyl (C=O) groups is 1. The Balaban J connectivity index is -0.000000105. The van der Waals surface area contributed by atoms with Crippen molar-refractivity contribution in [2.24, 2.45) is 5.84 Å². The van der Waals surface area contributed by atoms with Crippen molar-refractivity contribution in [2.45, 2.75) is 20.0 Å². The van der Waals surface area contributed by atoms with Crippen LogP contribution in [-0.4, -0.2) is 41.0 Å². The van der Waals surface area contributed by atoms with Gasteiger partial charge in [0.25, 0.3) is 5.97 Å². The highest BCUT2D eigenvalue weighted by atomic mass is 16.4. The summed E-state index contributed by atoms with van der Waals surface area (Å²) in [5, 5.41) is 23.4. The number of aliphatic hydroxyl groups is 2. The number of aliphatic hydroxyl groups excluding tert-OH is 2. The fraction of sp³-hybridized carbons (Fsp3) is 0.833. The van der Waals surface area contributed by atoms with E-state index in [1.165, 1.54) is 6.92 Å². The molecule has 0 fully saturated rings. The summed E-state index contributed by atoms with van der Waals surface area (Å²) in [7, 11) is 1.65. The molecule has 0 rings (SSSR count). The second kappa shape index (κ2) is 16.7. The number of hydrogen-bond donors (Lipinski definition) is 5.